The fourth-order valence-corrected chi connectivity index (χ4v) is 3.85. The summed E-state index contributed by atoms with van der Waals surface area (Å²) in [6.07, 6.45) is -0.184. The molecule has 0 bridgehead atoms. The van der Waals surface area contributed by atoms with E-state index in [-0.39, 0.29) is 21.8 Å². The molecular weight excluding hydrogens is 455 g/mol. The highest BCUT2D eigenvalue weighted by atomic mass is 32.1. The van der Waals surface area contributed by atoms with Gasteiger partial charge in [0, 0.05) is 23.5 Å². The molecule has 0 radical (unpaired) electrons. The number of hydrogen-bond donors (Lipinski definition) is 3. The molecule has 11 heteroatoms. The van der Waals surface area contributed by atoms with Gasteiger partial charge in [-0.1, -0.05) is 11.8 Å². The van der Waals surface area contributed by atoms with Crippen LogP contribution in [-0.2, 0) is 6.18 Å². The Morgan fingerprint density at radius 2 is 1.85 bits per heavy atom. The topological polar surface area (TPSA) is 110 Å². The molecule has 4 N–H and O–H groups in total. The quantitative estimate of drug-likeness (QED) is 0.502. The summed E-state index contributed by atoms with van der Waals surface area (Å²) in [5.41, 5.74) is 12.0. The molecule has 0 fully saturated rings. The lowest BCUT2D eigenvalue weighted by Crippen LogP contribution is -2.27. The summed E-state index contributed by atoms with van der Waals surface area (Å²) in [6, 6.07) is 4.04. The van der Waals surface area contributed by atoms with Crippen LogP contribution in [0.5, 0.6) is 0 Å². The Morgan fingerprint density at radius 1 is 1.09 bits per heavy atom. The molecule has 33 heavy (non-hydrogen) atoms. The van der Waals surface area contributed by atoms with Gasteiger partial charge in [0.2, 0.25) is 0 Å². The number of thiophene rings is 1. The predicted octanol–water partition coefficient (Wildman–Crippen LogP) is 3.93. The summed E-state index contributed by atoms with van der Waals surface area (Å²) in [5.74, 6) is -1.27. The number of anilines is 1. The van der Waals surface area contributed by atoms with Crippen LogP contribution in [0, 0.1) is 0 Å². The van der Waals surface area contributed by atoms with Crippen LogP contribution < -0.4 is 16.4 Å². The first-order chi connectivity index (χ1) is 15.6. The summed E-state index contributed by atoms with van der Waals surface area (Å²) in [5, 5.41) is 5.16. The Labute approximate surface area is 188 Å². The van der Waals surface area contributed by atoms with E-state index in [4.69, 9.17) is 5.73 Å². The van der Waals surface area contributed by atoms with Crippen molar-refractivity contribution in [3.63, 3.8) is 0 Å². The van der Waals surface area contributed by atoms with Crippen LogP contribution in [0.3, 0.4) is 0 Å². The van der Waals surface area contributed by atoms with Crippen molar-refractivity contribution in [1.82, 2.24) is 20.6 Å². The number of allylic oxidation sites excluding steroid dienone is 2. The van der Waals surface area contributed by atoms with Gasteiger partial charge in [-0.15, -0.1) is 11.3 Å². The van der Waals surface area contributed by atoms with Gasteiger partial charge in [-0.25, -0.2) is 9.97 Å². The number of alkyl halides is 3. The number of nitrogens with zero attached hydrogens (tertiary/aromatic N) is 2. The summed E-state index contributed by atoms with van der Waals surface area (Å²) >= 11 is 1.08. The lowest BCUT2D eigenvalue weighted by molar-refractivity contribution is -0.137. The standard InChI is InChI=1S/C22H14F3N5O2S/c1-11-5-6-14(29-19(31)12-3-2-4-13(9-12)22(23,24)25)10-15(11)30-20(32)18-16(26)17-21(33-18)28-8-7-27-17/h2-4,7-10H,26H2,1H3,(H,29,31)(H,30,32). The third-order valence-corrected chi connectivity index (χ3v) is 5.70. The fraction of sp³-hybridized carbons (Fsp3) is 0.0909. The van der Waals surface area contributed by atoms with E-state index in [0.29, 0.717) is 21.6 Å². The largest absolute Gasteiger partial charge is 0.416 e. The van der Waals surface area contributed by atoms with Gasteiger partial charge in [-0.05, 0) is 36.9 Å². The number of nitrogen functional groups attached to an aromatic ring is 1. The zero-order valence-corrected chi connectivity index (χ0v) is 17.7. The van der Waals surface area contributed by atoms with E-state index in [2.05, 4.69) is 32.1 Å². The minimum atomic E-state index is -4.57. The van der Waals surface area contributed by atoms with Crippen molar-refractivity contribution in [2.75, 3.05) is 5.73 Å². The molecular formula is C22H14F3N5O2S. The molecule has 2 heterocycles. The van der Waals surface area contributed by atoms with Crippen molar-refractivity contribution in [3.8, 4) is 0 Å². The molecule has 0 aliphatic heterocycles. The van der Waals surface area contributed by atoms with Crippen molar-refractivity contribution >= 4 is 39.2 Å². The molecule has 0 atom stereocenters. The van der Waals surface area contributed by atoms with Crippen molar-refractivity contribution in [2.24, 2.45) is 0 Å². The van der Waals surface area contributed by atoms with Crippen LogP contribution in [0.2, 0.25) is 0 Å². The van der Waals surface area contributed by atoms with Crippen LogP contribution in [0.15, 0.2) is 71.2 Å². The van der Waals surface area contributed by atoms with Gasteiger partial charge in [0.1, 0.15) is 15.2 Å². The minimum absolute atomic E-state index is 0.117. The Hall–Kier alpha value is -4.17. The molecule has 3 aromatic rings. The first-order valence-corrected chi connectivity index (χ1v) is 10.2. The van der Waals surface area contributed by atoms with Gasteiger partial charge in [0.05, 0.1) is 22.6 Å². The summed E-state index contributed by atoms with van der Waals surface area (Å²) < 4.78 is 38.7. The van der Waals surface area contributed by atoms with E-state index < -0.39 is 23.6 Å². The summed E-state index contributed by atoms with van der Waals surface area (Å²) in [4.78, 5) is 34.2. The van der Waals surface area contributed by atoms with Crippen molar-refractivity contribution in [3.05, 3.63) is 87.2 Å². The highest BCUT2D eigenvalue weighted by Gasteiger charge is 2.31. The average Bonchev–Trinajstić information content (AvgIpc) is 3.12. The molecule has 166 valence electrons. The number of amides is 2. The number of nitrogens with two attached hydrogens (primary N) is 1. The molecule has 1 aromatic carbocycles. The first kappa shape index (κ1) is 22.0. The third kappa shape index (κ3) is 4.56. The van der Waals surface area contributed by atoms with E-state index in [9.17, 15) is 22.8 Å². The highest BCUT2D eigenvalue weighted by Crippen LogP contribution is 2.31. The average molecular weight is 469 g/mol. The molecule has 0 spiro atoms. The molecule has 0 saturated carbocycles. The number of rotatable bonds is 4. The van der Waals surface area contributed by atoms with Crippen LogP contribution in [0.25, 0.3) is 10.3 Å². The second kappa shape index (κ2) is 8.40. The Bertz CT molecular complexity index is 1440. The van der Waals surface area contributed by atoms with Crippen LogP contribution in [-0.4, -0.2) is 21.8 Å². The van der Waals surface area contributed by atoms with Gasteiger partial charge in [-0.2, -0.15) is 13.2 Å². The Morgan fingerprint density at radius 3 is 2.58 bits per heavy atom. The van der Waals surface area contributed by atoms with Gasteiger partial charge in [0.15, 0.2) is 0 Å². The first-order valence-electron chi connectivity index (χ1n) is 9.37. The molecule has 0 saturated heterocycles. The second-order valence-corrected chi connectivity index (χ2v) is 7.89. The molecule has 2 amide bonds. The third-order valence-electron chi connectivity index (χ3n) is 4.60. The maximum absolute atomic E-state index is 12.9. The van der Waals surface area contributed by atoms with Crippen LogP contribution in [0.4, 0.5) is 18.9 Å². The van der Waals surface area contributed by atoms with E-state index >= 15 is 0 Å². The number of benzene rings is 1. The van der Waals surface area contributed by atoms with Gasteiger partial charge in [-0.3, -0.25) is 9.59 Å². The Kier molecular flexibility index (Phi) is 5.61. The number of carbonyl (C=O) groups excluding carboxylic acids is 2. The number of fused-ring (bicyclic) bond motifs is 1. The summed E-state index contributed by atoms with van der Waals surface area (Å²) in [6.45, 7) is 1.67. The molecule has 1 aliphatic rings. The highest BCUT2D eigenvalue weighted by molar-refractivity contribution is 7.21. The number of halogens is 3. The van der Waals surface area contributed by atoms with E-state index in [0.717, 1.165) is 29.5 Å². The normalized spacial score (nSPS) is 13.3. The smallest absolute Gasteiger partial charge is 0.396 e. The second-order valence-electron chi connectivity index (χ2n) is 6.89. The Balaban J connectivity index is 1.53. The van der Waals surface area contributed by atoms with Crippen LogP contribution >= 0.6 is 11.3 Å². The van der Waals surface area contributed by atoms with Crippen molar-refractivity contribution in [1.29, 1.82) is 0 Å². The molecule has 0 unspecified atom stereocenters. The van der Waals surface area contributed by atoms with E-state index in [1.165, 1.54) is 24.5 Å². The summed E-state index contributed by atoms with van der Waals surface area (Å²) in [7, 11) is 0. The minimum Gasteiger partial charge on any atom is -0.396 e. The van der Waals surface area contributed by atoms with Crippen molar-refractivity contribution < 1.29 is 22.8 Å². The fourth-order valence-electron chi connectivity index (χ4n) is 2.94. The molecule has 7 nitrogen and oxygen atoms in total. The molecule has 4 rings (SSSR count). The number of aromatic nitrogens is 2. The SMILES string of the molecule is CC1=C=C=C(NC(=O)c2cccc(C(F)(F)F)c2)C=C1NC(=O)c1sc2nccnc2c1N. The van der Waals surface area contributed by atoms with Crippen LogP contribution in [0.1, 0.15) is 32.5 Å². The van der Waals surface area contributed by atoms with Gasteiger partial charge in [0.25, 0.3) is 11.8 Å². The molecule has 2 aromatic heterocycles. The lowest BCUT2D eigenvalue weighted by atomic mass is 10.1. The maximum atomic E-state index is 12.9. The number of nitrogens with one attached hydrogen (secondary N) is 2. The zero-order chi connectivity index (χ0) is 23.8. The van der Waals surface area contributed by atoms with E-state index in [1.807, 2.05) is 0 Å². The predicted molar refractivity (Wildman–Crippen MR) is 116 cm³/mol. The number of carbonyl (C=O) groups is 2. The maximum Gasteiger partial charge on any atom is 0.416 e. The van der Waals surface area contributed by atoms with E-state index in [1.54, 1.807) is 6.92 Å². The monoisotopic (exact) mass is 469 g/mol. The molecule has 1 aliphatic carbocycles. The lowest BCUT2D eigenvalue weighted by Gasteiger charge is -2.13. The number of hydrogen-bond acceptors (Lipinski definition) is 6. The van der Waals surface area contributed by atoms with Gasteiger partial charge < -0.3 is 16.4 Å². The van der Waals surface area contributed by atoms with Gasteiger partial charge >= 0.3 is 6.18 Å². The van der Waals surface area contributed by atoms with Crippen molar-refractivity contribution in [2.45, 2.75) is 13.1 Å². The zero-order valence-electron chi connectivity index (χ0n) is 16.9.